The van der Waals surface area contributed by atoms with Gasteiger partial charge in [-0.3, -0.25) is 0 Å². The molecule has 0 saturated heterocycles. The summed E-state index contributed by atoms with van der Waals surface area (Å²) < 4.78 is 0. The monoisotopic (exact) mass is 187 g/mol. The van der Waals surface area contributed by atoms with Gasteiger partial charge in [-0.2, -0.15) is 0 Å². The van der Waals surface area contributed by atoms with Crippen molar-refractivity contribution < 1.29 is 15.0 Å². The zero-order chi connectivity index (χ0) is 10.6. The van der Waals surface area contributed by atoms with Gasteiger partial charge >= 0.3 is 5.97 Å². The number of rotatable bonds is 5. The van der Waals surface area contributed by atoms with E-state index in [0.717, 1.165) is 0 Å². The number of carboxylic acid groups (broad SMARTS) is 1. The summed E-state index contributed by atoms with van der Waals surface area (Å²) in [6.45, 7) is 8.79. The van der Waals surface area contributed by atoms with E-state index in [2.05, 4.69) is 11.9 Å². The van der Waals surface area contributed by atoms with Crippen molar-refractivity contribution in [1.29, 1.82) is 0 Å². The molecule has 0 heterocycles. The molecule has 0 amide bonds. The molecular weight excluding hydrogens is 170 g/mol. The maximum atomic E-state index is 10.4. The highest BCUT2D eigenvalue weighted by atomic mass is 16.4. The van der Waals surface area contributed by atoms with Crippen molar-refractivity contribution in [2.75, 3.05) is 6.54 Å². The standard InChI is InChI=1S/C9H17NO3/c1-6(8(12)13)5-10-9(3,4)7(2)11/h7,10-11H,1,5H2,2-4H3,(H,12,13). The van der Waals surface area contributed by atoms with Crippen LogP contribution in [0.2, 0.25) is 0 Å². The number of aliphatic hydroxyl groups excluding tert-OH is 1. The van der Waals surface area contributed by atoms with Gasteiger partial charge in [0.2, 0.25) is 0 Å². The fourth-order valence-corrected chi connectivity index (χ4v) is 0.558. The van der Waals surface area contributed by atoms with Crippen LogP contribution < -0.4 is 5.32 Å². The summed E-state index contributed by atoms with van der Waals surface area (Å²) in [5.41, 5.74) is -0.410. The smallest absolute Gasteiger partial charge is 0.332 e. The minimum absolute atomic E-state index is 0.0914. The van der Waals surface area contributed by atoms with Crippen LogP contribution in [-0.4, -0.2) is 34.4 Å². The highest BCUT2D eigenvalue weighted by Crippen LogP contribution is 2.08. The topological polar surface area (TPSA) is 69.6 Å². The minimum atomic E-state index is -1.02. The predicted octanol–water partition coefficient (Wildman–Crippen LogP) is 0.376. The largest absolute Gasteiger partial charge is 0.478 e. The first kappa shape index (κ1) is 12.1. The second kappa shape index (κ2) is 4.39. The summed E-state index contributed by atoms with van der Waals surface area (Å²) in [6, 6.07) is 0. The predicted molar refractivity (Wildman–Crippen MR) is 50.5 cm³/mol. The summed E-state index contributed by atoms with van der Waals surface area (Å²) >= 11 is 0. The molecule has 0 aromatic heterocycles. The second-order valence-corrected chi connectivity index (χ2v) is 3.66. The number of aliphatic carboxylic acids is 1. The molecule has 0 aromatic carbocycles. The maximum absolute atomic E-state index is 10.4. The Morgan fingerprint density at radius 1 is 1.62 bits per heavy atom. The first-order chi connectivity index (χ1) is 5.77. The van der Waals surface area contributed by atoms with Crippen LogP contribution in [0.1, 0.15) is 20.8 Å². The third-order valence-corrected chi connectivity index (χ3v) is 2.10. The van der Waals surface area contributed by atoms with E-state index in [4.69, 9.17) is 5.11 Å². The molecule has 3 N–H and O–H groups in total. The number of carbonyl (C=O) groups is 1. The molecule has 0 aromatic rings. The highest BCUT2D eigenvalue weighted by Gasteiger charge is 2.23. The van der Waals surface area contributed by atoms with Crippen molar-refractivity contribution in [2.45, 2.75) is 32.4 Å². The van der Waals surface area contributed by atoms with Crippen molar-refractivity contribution >= 4 is 5.97 Å². The molecule has 76 valence electrons. The van der Waals surface area contributed by atoms with E-state index in [0.29, 0.717) is 0 Å². The van der Waals surface area contributed by atoms with E-state index in [-0.39, 0.29) is 12.1 Å². The van der Waals surface area contributed by atoms with Gasteiger partial charge in [-0.25, -0.2) is 4.79 Å². The summed E-state index contributed by atoms with van der Waals surface area (Å²) in [5.74, 6) is -1.02. The van der Waals surface area contributed by atoms with Crippen LogP contribution in [0.5, 0.6) is 0 Å². The van der Waals surface area contributed by atoms with Gasteiger partial charge in [-0.1, -0.05) is 6.58 Å². The zero-order valence-corrected chi connectivity index (χ0v) is 8.29. The molecule has 1 unspecified atom stereocenters. The van der Waals surface area contributed by atoms with Crippen molar-refractivity contribution in [2.24, 2.45) is 0 Å². The average molecular weight is 187 g/mol. The quantitative estimate of drug-likeness (QED) is 0.544. The van der Waals surface area contributed by atoms with Crippen molar-refractivity contribution in [3.05, 3.63) is 12.2 Å². The molecule has 0 aliphatic heterocycles. The molecule has 0 fully saturated rings. The molecule has 0 rings (SSSR count). The Kier molecular flexibility index (Phi) is 4.10. The lowest BCUT2D eigenvalue weighted by molar-refractivity contribution is -0.132. The van der Waals surface area contributed by atoms with E-state index < -0.39 is 17.6 Å². The summed E-state index contributed by atoms with van der Waals surface area (Å²) in [7, 11) is 0. The molecule has 4 nitrogen and oxygen atoms in total. The van der Waals surface area contributed by atoms with Gasteiger partial charge in [0.05, 0.1) is 6.10 Å². The lowest BCUT2D eigenvalue weighted by Gasteiger charge is -2.29. The van der Waals surface area contributed by atoms with Crippen LogP contribution in [-0.2, 0) is 4.79 Å². The molecule has 13 heavy (non-hydrogen) atoms. The van der Waals surface area contributed by atoms with Crippen LogP contribution in [0.3, 0.4) is 0 Å². The number of nitrogens with one attached hydrogen (secondary N) is 1. The molecular formula is C9H17NO3. The SMILES string of the molecule is C=C(CNC(C)(C)C(C)O)C(=O)O. The number of carboxylic acids is 1. The van der Waals surface area contributed by atoms with Crippen LogP contribution in [0, 0.1) is 0 Å². The van der Waals surface area contributed by atoms with E-state index in [1.165, 1.54) is 0 Å². The second-order valence-electron chi connectivity index (χ2n) is 3.66. The van der Waals surface area contributed by atoms with Gasteiger partial charge in [0.15, 0.2) is 0 Å². The molecule has 0 spiro atoms. The Balaban J connectivity index is 4.02. The van der Waals surface area contributed by atoms with E-state index in [1.54, 1.807) is 20.8 Å². The van der Waals surface area contributed by atoms with E-state index >= 15 is 0 Å². The van der Waals surface area contributed by atoms with Crippen LogP contribution in [0.25, 0.3) is 0 Å². The molecule has 0 aliphatic rings. The average Bonchev–Trinajstić information content (AvgIpc) is 1.99. The number of hydrogen-bond acceptors (Lipinski definition) is 3. The molecule has 4 heteroatoms. The van der Waals surface area contributed by atoms with E-state index in [9.17, 15) is 9.90 Å². The Morgan fingerprint density at radius 3 is 2.38 bits per heavy atom. The van der Waals surface area contributed by atoms with Crippen LogP contribution >= 0.6 is 0 Å². The third kappa shape index (κ3) is 4.05. The van der Waals surface area contributed by atoms with Gasteiger partial charge < -0.3 is 15.5 Å². The summed E-state index contributed by atoms with van der Waals surface area (Å²) in [6.07, 6.45) is -0.547. The highest BCUT2D eigenvalue weighted by molar-refractivity contribution is 5.86. The van der Waals surface area contributed by atoms with Gasteiger partial charge in [-0.05, 0) is 20.8 Å². The zero-order valence-electron chi connectivity index (χ0n) is 8.29. The molecule has 0 bridgehead atoms. The molecule has 0 saturated carbocycles. The fraction of sp³-hybridized carbons (Fsp3) is 0.667. The van der Waals surface area contributed by atoms with Crippen molar-refractivity contribution in [1.82, 2.24) is 5.32 Å². The van der Waals surface area contributed by atoms with Crippen molar-refractivity contribution in [3.63, 3.8) is 0 Å². The third-order valence-electron chi connectivity index (χ3n) is 2.10. The normalized spacial score (nSPS) is 13.8. The lowest BCUT2D eigenvalue weighted by atomic mass is 9.98. The number of aliphatic hydroxyl groups is 1. The summed E-state index contributed by atoms with van der Waals surface area (Å²) in [5, 5.41) is 20.7. The van der Waals surface area contributed by atoms with Gasteiger partial charge in [0, 0.05) is 17.7 Å². The Labute approximate surface area is 78.3 Å². The first-order valence-electron chi connectivity index (χ1n) is 4.11. The van der Waals surface area contributed by atoms with Crippen LogP contribution in [0.4, 0.5) is 0 Å². The lowest BCUT2D eigenvalue weighted by Crippen LogP contribution is -2.49. The first-order valence-corrected chi connectivity index (χ1v) is 4.11. The molecule has 1 atom stereocenters. The minimum Gasteiger partial charge on any atom is -0.478 e. The molecule has 0 radical (unpaired) electrons. The van der Waals surface area contributed by atoms with Gasteiger partial charge in [0.1, 0.15) is 0 Å². The van der Waals surface area contributed by atoms with Crippen LogP contribution in [0.15, 0.2) is 12.2 Å². The van der Waals surface area contributed by atoms with Gasteiger partial charge in [0.25, 0.3) is 0 Å². The Bertz CT molecular complexity index is 209. The van der Waals surface area contributed by atoms with Crippen molar-refractivity contribution in [3.8, 4) is 0 Å². The summed E-state index contributed by atoms with van der Waals surface area (Å²) in [4.78, 5) is 10.4. The Hall–Kier alpha value is -0.870. The maximum Gasteiger partial charge on any atom is 0.332 e. The number of hydrogen-bond donors (Lipinski definition) is 3. The fourth-order valence-electron chi connectivity index (χ4n) is 0.558. The molecule has 0 aliphatic carbocycles. The van der Waals surface area contributed by atoms with Gasteiger partial charge in [-0.15, -0.1) is 0 Å². The Morgan fingerprint density at radius 2 is 2.08 bits per heavy atom. The van der Waals surface area contributed by atoms with E-state index in [1.807, 2.05) is 0 Å².